The van der Waals surface area contributed by atoms with Gasteiger partial charge in [-0.3, -0.25) is 4.79 Å². The molecule has 158 valence electrons. The van der Waals surface area contributed by atoms with Gasteiger partial charge in [0, 0.05) is 48.7 Å². The lowest BCUT2D eigenvalue weighted by Gasteiger charge is -2.20. The van der Waals surface area contributed by atoms with Crippen molar-refractivity contribution in [2.24, 2.45) is 0 Å². The Labute approximate surface area is 181 Å². The van der Waals surface area contributed by atoms with Gasteiger partial charge in [-0.15, -0.1) is 0 Å². The van der Waals surface area contributed by atoms with Gasteiger partial charge in [0.25, 0.3) is 0 Å². The maximum Gasteiger partial charge on any atom is 0.185 e. The number of Topliss-reactive ketones (excluding diaryl/α,β-unsaturated/α-hetero) is 1. The molecule has 30 heavy (non-hydrogen) atoms. The summed E-state index contributed by atoms with van der Waals surface area (Å²) in [5, 5.41) is 0. The summed E-state index contributed by atoms with van der Waals surface area (Å²) in [6.07, 6.45) is 5.75. The Morgan fingerprint density at radius 3 is 1.27 bits per heavy atom. The van der Waals surface area contributed by atoms with Crippen LogP contribution >= 0.6 is 0 Å². The molecular weight excluding hydrogens is 368 g/mol. The standard InChI is InChI=1S/C27H34N2O/c1-5-28(6-2)25-15-9-21(10-16-25)19-23-13-14-24(27(23)30)20-22-11-17-26(18-12-22)29(7-3)8-4/h9-12,15-20H,5-8,13-14H2,1-4H3/b23-19+,24-20?. The number of anilines is 2. The highest BCUT2D eigenvalue weighted by molar-refractivity contribution is 6.15. The van der Waals surface area contributed by atoms with Gasteiger partial charge in [0.1, 0.15) is 0 Å². The first kappa shape index (κ1) is 21.9. The highest BCUT2D eigenvalue weighted by atomic mass is 16.1. The molecule has 0 amide bonds. The molecule has 0 aromatic heterocycles. The Hall–Kier alpha value is -2.81. The number of benzene rings is 2. The summed E-state index contributed by atoms with van der Waals surface area (Å²) < 4.78 is 0. The van der Waals surface area contributed by atoms with Crippen LogP contribution in [0.15, 0.2) is 59.7 Å². The zero-order valence-electron chi connectivity index (χ0n) is 18.8. The molecule has 2 aromatic carbocycles. The molecule has 0 aliphatic heterocycles. The second-order valence-electron chi connectivity index (χ2n) is 7.70. The Morgan fingerprint density at radius 2 is 0.967 bits per heavy atom. The Bertz CT molecular complexity index is 823. The maximum atomic E-state index is 12.9. The summed E-state index contributed by atoms with van der Waals surface area (Å²) in [6.45, 7) is 12.7. The third-order valence-corrected chi connectivity index (χ3v) is 5.97. The molecule has 0 heterocycles. The van der Waals surface area contributed by atoms with E-state index >= 15 is 0 Å². The van der Waals surface area contributed by atoms with E-state index < -0.39 is 0 Å². The number of carbonyl (C=O) groups is 1. The number of hydrogen-bond acceptors (Lipinski definition) is 3. The molecule has 0 radical (unpaired) electrons. The summed E-state index contributed by atoms with van der Waals surface area (Å²) in [5.74, 6) is 0.190. The van der Waals surface area contributed by atoms with Crippen molar-refractivity contribution in [1.82, 2.24) is 0 Å². The molecule has 0 bridgehead atoms. The molecule has 0 atom stereocenters. The zero-order valence-corrected chi connectivity index (χ0v) is 18.8. The molecule has 2 aromatic rings. The van der Waals surface area contributed by atoms with Crippen LogP contribution in [-0.4, -0.2) is 32.0 Å². The molecule has 1 aliphatic carbocycles. The molecule has 0 saturated heterocycles. The van der Waals surface area contributed by atoms with Crippen LogP contribution in [0, 0.1) is 0 Å². The third kappa shape index (κ3) is 5.02. The highest BCUT2D eigenvalue weighted by Gasteiger charge is 2.22. The van der Waals surface area contributed by atoms with Gasteiger partial charge in [-0.1, -0.05) is 24.3 Å². The highest BCUT2D eigenvalue weighted by Crippen LogP contribution is 2.30. The molecule has 1 aliphatic rings. The predicted octanol–water partition coefficient (Wildman–Crippen LogP) is 6.21. The molecule has 3 heteroatoms. The number of nitrogens with zero attached hydrogens (tertiary/aromatic N) is 2. The number of ketones is 1. The molecule has 1 saturated carbocycles. The lowest BCUT2D eigenvalue weighted by atomic mass is 10.1. The van der Waals surface area contributed by atoms with Gasteiger partial charge >= 0.3 is 0 Å². The minimum atomic E-state index is 0.190. The van der Waals surface area contributed by atoms with Crippen LogP contribution in [0.2, 0.25) is 0 Å². The van der Waals surface area contributed by atoms with Crippen molar-refractivity contribution in [3.8, 4) is 0 Å². The molecular formula is C27H34N2O. The number of allylic oxidation sites excluding steroid dienone is 2. The first-order valence-corrected chi connectivity index (χ1v) is 11.2. The summed E-state index contributed by atoms with van der Waals surface area (Å²) in [7, 11) is 0. The van der Waals surface area contributed by atoms with Gasteiger partial charge < -0.3 is 9.80 Å². The van der Waals surface area contributed by atoms with Crippen molar-refractivity contribution < 1.29 is 4.79 Å². The zero-order chi connectivity index (χ0) is 21.5. The van der Waals surface area contributed by atoms with Crippen LogP contribution in [0.1, 0.15) is 51.7 Å². The second-order valence-corrected chi connectivity index (χ2v) is 7.70. The van der Waals surface area contributed by atoms with E-state index in [1.54, 1.807) is 0 Å². The van der Waals surface area contributed by atoms with Crippen LogP contribution in [0.25, 0.3) is 12.2 Å². The van der Waals surface area contributed by atoms with E-state index in [-0.39, 0.29) is 5.78 Å². The average Bonchev–Trinajstić information content (AvgIpc) is 3.11. The molecule has 3 rings (SSSR count). The van der Waals surface area contributed by atoms with E-state index in [1.807, 2.05) is 0 Å². The number of carbonyl (C=O) groups excluding carboxylic acids is 1. The van der Waals surface area contributed by atoms with Gasteiger partial charge in [0.2, 0.25) is 0 Å². The maximum absolute atomic E-state index is 12.9. The topological polar surface area (TPSA) is 23.6 Å². The van der Waals surface area contributed by atoms with Crippen LogP contribution < -0.4 is 9.80 Å². The Morgan fingerprint density at radius 1 is 0.633 bits per heavy atom. The van der Waals surface area contributed by atoms with E-state index in [4.69, 9.17) is 0 Å². The molecule has 0 unspecified atom stereocenters. The number of rotatable bonds is 8. The van der Waals surface area contributed by atoms with Crippen molar-refractivity contribution in [3.63, 3.8) is 0 Å². The van der Waals surface area contributed by atoms with E-state index in [0.29, 0.717) is 0 Å². The van der Waals surface area contributed by atoms with E-state index in [2.05, 4.69) is 98.2 Å². The second kappa shape index (κ2) is 10.3. The van der Waals surface area contributed by atoms with Crippen molar-refractivity contribution in [3.05, 3.63) is 70.8 Å². The first-order chi connectivity index (χ1) is 14.6. The molecule has 1 fully saturated rings. The lowest BCUT2D eigenvalue weighted by molar-refractivity contribution is -0.111. The van der Waals surface area contributed by atoms with Crippen molar-refractivity contribution in [2.75, 3.05) is 36.0 Å². The SMILES string of the molecule is CCN(CC)c1ccc(C=C2CC/C(=C\c3ccc(N(CC)CC)cc3)C2=O)cc1. The third-order valence-electron chi connectivity index (χ3n) is 5.97. The van der Waals surface area contributed by atoms with Gasteiger partial charge in [-0.05, 0) is 88.1 Å². The van der Waals surface area contributed by atoms with E-state index in [9.17, 15) is 4.79 Å². The van der Waals surface area contributed by atoms with Crippen LogP contribution in [0.4, 0.5) is 11.4 Å². The van der Waals surface area contributed by atoms with Gasteiger partial charge in [-0.25, -0.2) is 0 Å². The molecule has 0 N–H and O–H groups in total. The van der Waals surface area contributed by atoms with Crippen molar-refractivity contribution in [1.29, 1.82) is 0 Å². The summed E-state index contributed by atoms with van der Waals surface area (Å²) in [4.78, 5) is 17.5. The van der Waals surface area contributed by atoms with E-state index in [1.165, 1.54) is 11.4 Å². The Kier molecular flexibility index (Phi) is 7.51. The minimum absolute atomic E-state index is 0.190. The molecule has 3 nitrogen and oxygen atoms in total. The number of hydrogen-bond donors (Lipinski definition) is 0. The summed E-state index contributed by atoms with van der Waals surface area (Å²) in [5.41, 5.74) is 6.48. The van der Waals surface area contributed by atoms with Crippen LogP contribution in [0.5, 0.6) is 0 Å². The first-order valence-electron chi connectivity index (χ1n) is 11.2. The van der Waals surface area contributed by atoms with E-state index in [0.717, 1.165) is 61.3 Å². The Balaban J connectivity index is 1.72. The fourth-order valence-electron chi connectivity index (χ4n) is 4.12. The largest absolute Gasteiger partial charge is 0.372 e. The van der Waals surface area contributed by atoms with Gasteiger partial charge in [0.15, 0.2) is 5.78 Å². The normalized spacial score (nSPS) is 16.5. The quantitative estimate of drug-likeness (QED) is 0.491. The monoisotopic (exact) mass is 402 g/mol. The van der Waals surface area contributed by atoms with Crippen molar-refractivity contribution in [2.45, 2.75) is 40.5 Å². The van der Waals surface area contributed by atoms with Crippen LogP contribution in [0.3, 0.4) is 0 Å². The summed E-state index contributed by atoms with van der Waals surface area (Å²) in [6, 6.07) is 17.0. The van der Waals surface area contributed by atoms with Crippen LogP contribution in [-0.2, 0) is 4.79 Å². The minimum Gasteiger partial charge on any atom is -0.372 e. The fraction of sp³-hybridized carbons (Fsp3) is 0.370. The lowest BCUT2D eigenvalue weighted by Crippen LogP contribution is -2.21. The van der Waals surface area contributed by atoms with Gasteiger partial charge in [0.05, 0.1) is 0 Å². The average molecular weight is 403 g/mol. The summed E-state index contributed by atoms with van der Waals surface area (Å²) >= 11 is 0. The van der Waals surface area contributed by atoms with Crippen molar-refractivity contribution >= 4 is 29.3 Å². The molecule has 0 spiro atoms. The van der Waals surface area contributed by atoms with Gasteiger partial charge in [-0.2, -0.15) is 0 Å². The predicted molar refractivity (Wildman–Crippen MR) is 130 cm³/mol. The fourth-order valence-corrected chi connectivity index (χ4v) is 4.12. The smallest absolute Gasteiger partial charge is 0.185 e.